The molecule has 1 heterocycles. The molecule has 22 heteroatoms. The molecule has 1 saturated heterocycles. The van der Waals surface area contributed by atoms with E-state index in [1.807, 2.05) is 144 Å². The molecule has 2 aliphatic rings. The van der Waals surface area contributed by atoms with Crippen LogP contribution in [0.15, 0.2) is 91.0 Å². The van der Waals surface area contributed by atoms with Crippen LogP contribution in [0.3, 0.4) is 0 Å². The van der Waals surface area contributed by atoms with Gasteiger partial charge in [0.1, 0.15) is 18.9 Å². The maximum Gasteiger partial charge on any atom is 0.245 e. The van der Waals surface area contributed by atoms with Crippen molar-refractivity contribution in [3.05, 3.63) is 108 Å². The lowest BCUT2D eigenvalue weighted by atomic mass is 9.89. The van der Waals surface area contributed by atoms with E-state index >= 15 is 0 Å². The summed E-state index contributed by atoms with van der Waals surface area (Å²) in [5.74, 6) is -3.89. The first-order chi connectivity index (χ1) is 41.9. The van der Waals surface area contributed by atoms with E-state index in [1.54, 1.807) is 52.1 Å². The summed E-state index contributed by atoms with van der Waals surface area (Å²) >= 11 is 0. The zero-order valence-electron chi connectivity index (χ0n) is 53.9. The molecular weight excluding hydrogens is 1130 g/mol. The molecule has 0 spiro atoms. The summed E-state index contributed by atoms with van der Waals surface area (Å²) in [4.78, 5) is 115. The predicted octanol–water partition coefficient (Wildman–Crippen LogP) is 4.24. The number of likely N-dealkylation sites (tertiary alicyclic amines) is 1. The van der Waals surface area contributed by atoms with Gasteiger partial charge in [-0.1, -0.05) is 146 Å². The molecule has 7 amide bonds. The van der Waals surface area contributed by atoms with Crippen LogP contribution in [0.5, 0.6) is 0 Å². The second-order valence-electron chi connectivity index (χ2n) is 24.5. The number of rotatable bonds is 38. The summed E-state index contributed by atoms with van der Waals surface area (Å²) in [7, 11) is 8.51. The van der Waals surface area contributed by atoms with Gasteiger partial charge in [-0.25, -0.2) is 0 Å². The van der Waals surface area contributed by atoms with Crippen molar-refractivity contribution in [3.8, 4) is 0 Å². The van der Waals surface area contributed by atoms with Crippen molar-refractivity contribution < 1.29 is 62.4 Å². The van der Waals surface area contributed by atoms with Gasteiger partial charge in [-0.15, -0.1) is 0 Å². The van der Waals surface area contributed by atoms with Gasteiger partial charge in [-0.05, 0) is 80.6 Å². The lowest BCUT2D eigenvalue weighted by Gasteiger charge is -2.41. The number of ketones is 1. The zero-order chi connectivity index (χ0) is 64.8. The second-order valence-corrected chi connectivity index (χ2v) is 24.5. The molecule has 6 unspecified atom stereocenters. The van der Waals surface area contributed by atoms with Gasteiger partial charge in [0, 0.05) is 40.2 Å². The minimum absolute atomic E-state index is 0.00608. The lowest BCUT2D eigenvalue weighted by Crippen LogP contribution is -2.60. The molecular formula is C66H99N9O13. The average Bonchev–Trinajstić information content (AvgIpc) is 2.28. The Morgan fingerprint density at radius 2 is 1.31 bits per heavy atom. The summed E-state index contributed by atoms with van der Waals surface area (Å²) in [6.45, 7) is 14.4. The number of nitrogens with one attached hydrogen (secondary N) is 6. The second kappa shape index (κ2) is 35.5. The van der Waals surface area contributed by atoms with Gasteiger partial charge in [0.2, 0.25) is 47.8 Å². The summed E-state index contributed by atoms with van der Waals surface area (Å²) in [6.07, 6.45) is -1.71. The van der Waals surface area contributed by atoms with Crippen LogP contribution >= 0.6 is 0 Å². The number of carbonyl (C=O) groups is 8. The third-order valence-electron chi connectivity index (χ3n) is 17.0. The van der Waals surface area contributed by atoms with Crippen molar-refractivity contribution in [1.29, 1.82) is 0 Å². The van der Waals surface area contributed by atoms with Gasteiger partial charge < -0.3 is 60.4 Å². The van der Waals surface area contributed by atoms with Crippen LogP contribution in [0, 0.1) is 29.6 Å². The van der Waals surface area contributed by atoms with Gasteiger partial charge in [0.05, 0.1) is 74.5 Å². The first kappa shape index (κ1) is 72.1. The Morgan fingerprint density at radius 1 is 0.682 bits per heavy atom. The number of amides is 7. The minimum atomic E-state index is -1.43. The first-order valence-electron chi connectivity index (χ1n) is 30.9. The van der Waals surface area contributed by atoms with Gasteiger partial charge in [0.25, 0.3) is 0 Å². The molecule has 7 N–H and O–H groups in total. The van der Waals surface area contributed by atoms with Crippen molar-refractivity contribution in [3.63, 3.8) is 0 Å². The van der Waals surface area contributed by atoms with Crippen LogP contribution < -0.4 is 31.9 Å². The quantitative estimate of drug-likeness (QED) is 0.0396. The maximum atomic E-state index is 14.8. The Hall–Kier alpha value is -6.66. The first-order valence-corrected chi connectivity index (χ1v) is 30.9. The Bertz CT molecular complexity index is 2700. The number of nitrogens with zero attached hydrogens (tertiary/aromatic N) is 3. The fourth-order valence-electron chi connectivity index (χ4n) is 12.0. The third kappa shape index (κ3) is 21.3. The molecule has 0 bridgehead atoms. The number of hydrogen-bond donors (Lipinski definition) is 7. The van der Waals surface area contributed by atoms with Crippen molar-refractivity contribution >= 4 is 47.1 Å². The highest BCUT2D eigenvalue weighted by molar-refractivity contribution is 5.93. The molecule has 0 aromatic heterocycles. The largest absolute Gasteiger partial charge is 0.379 e. The van der Waals surface area contributed by atoms with Gasteiger partial charge in [-0.3, -0.25) is 48.6 Å². The van der Waals surface area contributed by atoms with Crippen LogP contribution in [-0.4, -0.2) is 183 Å². The standard InChI is InChI=1S/C66H99N9O13/c1-14-42(6)60(74(11)65(83)58(40(2)3)72-64(82)59(41(4)5)73(9)10)53(85-12)35-57(80)75-50-33-48(50)34-51(75)61(86-13)43(7)63(81)70-44(8)62(47-28-22-17-23-29-47)88-39-69-54(77)31-30-52(76)49(32-45-24-18-15-19-25-45)71-56(79)37-67-55(78)36-68-66(84)87-38-46-26-20-16-21-27-46/h15-29,40-44,48-51,53,58-62,66,68,84H,14,30-39H2,1-13H3,(H,67,78)(H,69,77)(H,70,81)(H,71,79)(H,72,82)/t42-,43+,44+,48?,49-,50?,51?,53+,58-,59-,60-,61?,62?,66?/m0/s1. The lowest BCUT2D eigenvalue weighted by molar-refractivity contribution is -0.149. The molecule has 0 radical (unpaired) electrons. The van der Waals surface area contributed by atoms with Crippen molar-refractivity contribution in [2.75, 3.05) is 55.2 Å². The fraction of sp³-hybridized carbons (Fsp3) is 0.606. The normalized spacial score (nSPS) is 19.1. The zero-order valence-corrected chi connectivity index (χ0v) is 53.9. The van der Waals surface area contributed by atoms with E-state index in [0.29, 0.717) is 12.8 Å². The van der Waals surface area contributed by atoms with Crippen LogP contribution in [0.2, 0.25) is 0 Å². The van der Waals surface area contributed by atoms with Crippen LogP contribution in [-0.2, 0) is 70.3 Å². The summed E-state index contributed by atoms with van der Waals surface area (Å²) < 4.78 is 23.9. The third-order valence-corrected chi connectivity index (χ3v) is 17.0. The molecule has 3 aromatic rings. The molecule has 22 nitrogen and oxygen atoms in total. The number of Topliss-reactive ketones (excluding diaryl/α,β-unsaturated/α-hetero) is 1. The van der Waals surface area contributed by atoms with E-state index in [2.05, 4.69) is 31.9 Å². The van der Waals surface area contributed by atoms with Crippen molar-refractivity contribution in [1.82, 2.24) is 46.6 Å². The average molecular weight is 1230 g/mol. The van der Waals surface area contributed by atoms with Gasteiger partial charge in [-0.2, -0.15) is 0 Å². The van der Waals surface area contributed by atoms with Crippen LogP contribution in [0.4, 0.5) is 0 Å². The van der Waals surface area contributed by atoms with E-state index < -0.39 is 96.9 Å². The molecule has 1 aliphatic carbocycles. The molecule has 2 fully saturated rings. The molecule has 5 rings (SSSR count). The van der Waals surface area contributed by atoms with E-state index in [9.17, 15) is 43.5 Å². The van der Waals surface area contributed by atoms with Crippen molar-refractivity contribution in [2.45, 2.75) is 174 Å². The molecule has 1 aliphatic heterocycles. The fourth-order valence-corrected chi connectivity index (χ4v) is 12.0. The number of likely N-dealkylation sites (N-methyl/N-ethyl adjacent to an activating group) is 2. The number of aliphatic hydroxyl groups excluding tert-OH is 1. The van der Waals surface area contributed by atoms with E-state index in [1.165, 1.54) is 0 Å². The maximum absolute atomic E-state index is 14.8. The van der Waals surface area contributed by atoms with E-state index in [-0.39, 0.29) is 98.9 Å². The topological polar surface area (TPSA) is 276 Å². The number of fused-ring (bicyclic) bond motifs is 1. The smallest absolute Gasteiger partial charge is 0.245 e. The highest BCUT2D eigenvalue weighted by Gasteiger charge is 2.57. The molecule has 88 heavy (non-hydrogen) atoms. The molecule has 486 valence electrons. The van der Waals surface area contributed by atoms with E-state index in [4.69, 9.17) is 18.9 Å². The Balaban J connectivity index is 1.17. The van der Waals surface area contributed by atoms with Gasteiger partial charge >= 0.3 is 0 Å². The minimum Gasteiger partial charge on any atom is -0.379 e. The number of ether oxygens (including phenoxy) is 4. The molecule has 3 aromatic carbocycles. The van der Waals surface area contributed by atoms with Crippen molar-refractivity contribution in [2.24, 2.45) is 29.6 Å². The number of benzene rings is 3. The van der Waals surface area contributed by atoms with Crippen LogP contribution in [0.1, 0.15) is 117 Å². The predicted molar refractivity (Wildman–Crippen MR) is 333 cm³/mol. The number of hydrogen-bond acceptors (Lipinski definition) is 15. The Morgan fingerprint density at radius 3 is 1.89 bits per heavy atom. The van der Waals surface area contributed by atoms with Crippen LogP contribution in [0.25, 0.3) is 0 Å². The number of methoxy groups -OCH3 is 2. The Kier molecular flexibility index (Phi) is 29.1. The Labute approximate surface area is 520 Å². The monoisotopic (exact) mass is 1230 g/mol. The molecule has 1 saturated carbocycles. The SMILES string of the molecule is CC[C@H](C)[C@@H]([C@@H](CC(=O)N1C2CC2CC1C(OC)[C@@H](C)C(=O)N[C@H](C)C(OCNC(=O)CCC(=O)[C@H](Cc1ccccc1)NC(=O)CNC(=O)CNC(O)OCc1ccccc1)c1ccccc1)OC)N(C)C(=O)[C@@H](NC(=O)[C@H](C(C)C)N(C)C)C(C)C. The number of aliphatic hydroxyl groups is 1. The summed E-state index contributed by atoms with van der Waals surface area (Å²) in [5.41, 5.74) is 2.32. The van der Waals surface area contributed by atoms with Gasteiger partial charge in [0.15, 0.2) is 5.78 Å². The highest BCUT2D eigenvalue weighted by Crippen LogP contribution is 2.50. The number of piperidine rings is 1. The summed E-state index contributed by atoms with van der Waals surface area (Å²) in [5, 5.41) is 26.7. The summed E-state index contributed by atoms with van der Waals surface area (Å²) in [6, 6.07) is 23.6. The molecule has 14 atom stereocenters. The highest BCUT2D eigenvalue weighted by atomic mass is 16.6. The number of carbonyl (C=O) groups excluding carboxylic acids is 8. The van der Waals surface area contributed by atoms with E-state index in [0.717, 1.165) is 23.1 Å².